The maximum absolute atomic E-state index is 12.6. The highest BCUT2D eigenvalue weighted by Gasteiger charge is 2.43. The number of halogens is 1. The Bertz CT molecular complexity index is 762. The van der Waals surface area contributed by atoms with E-state index < -0.39 is 22.4 Å². The third-order valence-corrected chi connectivity index (χ3v) is 5.53. The van der Waals surface area contributed by atoms with Crippen molar-refractivity contribution >= 4 is 34.0 Å². The summed E-state index contributed by atoms with van der Waals surface area (Å²) in [6.45, 7) is 0. The molecular formula is C13H10BClO4S. The van der Waals surface area contributed by atoms with E-state index >= 15 is 0 Å². The first-order valence-electron chi connectivity index (χ1n) is 5.92. The summed E-state index contributed by atoms with van der Waals surface area (Å²) in [5, 5.41) is 9.95. The van der Waals surface area contributed by atoms with Gasteiger partial charge in [-0.15, -0.1) is 0 Å². The maximum Gasteiger partial charge on any atom is 0.492 e. The van der Waals surface area contributed by atoms with E-state index in [1.54, 1.807) is 36.4 Å². The van der Waals surface area contributed by atoms with Crippen LogP contribution in [-0.4, -0.2) is 20.6 Å². The van der Waals surface area contributed by atoms with E-state index in [9.17, 15) is 13.4 Å². The lowest BCUT2D eigenvalue weighted by Crippen LogP contribution is -2.27. The number of hydrogen-bond donors (Lipinski definition) is 1. The van der Waals surface area contributed by atoms with Crippen LogP contribution >= 0.6 is 11.6 Å². The molecule has 0 spiro atoms. The van der Waals surface area contributed by atoms with Crippen molar-refractivity contribution < 1.29 is 18.1 Å². The molecule has 7 heteroatoms. The van der Waals surface area contributed by atoms with Gasteiger partial charge in [0.15, 0.2) is 5.44 Å². The summed E-state index contributed by atoms with van der Waals surface area (Å²) in [5.74, 6) is 0. The van der Waals surface area contributed by atoms with E-state index in [0.29, 0.717) is 11.0 Å². The lowest BCUT2D eigenvalue weighted by molar-refractivity contribution is 0.254. The van der Waals surface area contributed by atoms with Gasteiger partial charge in [0, 0.05) is 0 Å². The molecule has 1 heterocycles. The van der Waals surface area contributed by atoms with Gasteiger partial charge in [0.1, 0.15) is 0 Å². The summed E-state index contributed by atoms with van der Waals surface area (Å²) in [6.07, 6.45) is 0. The van der Waals surface area contributed by atoms with E-state index in [-0.39, 0.29) is 9.92 Å². The minimum Gasteiger partial charge on any atom is -0.423 e. The van der Waals surface area contributed by atoms with Crippen molar-refractivity contribution in [3.63, 3.8) is 0 Å². The Labute approximate surface area is 122 Å². The quantitative estimate of drug-likeness (QED) is 0.855. The van der Waals surface area contributed by atoms with Gasteiger partial charge in [0.05, 0.1) is 9.92 Å². The molecule has 3 rings (SSSR count). The molecule has 0 aromatic heterocycles. The fourth-order valence-electron chi connectivity index (χ4n) is 2.25. The minimum atomic E-state index is -3.83. The number of rotatable bonds is 2. The Balaban J connectivity index is 2.13. The second-order valence-corrected chi connectivity index (χ2v) is 6.79. The predicted octanol–water partition coefficient (Wildman–Crippen LogP) is 1.53. The Hall–Kier alpha value is -1.34. The second-order valence-electron chi connectivity index (χ2n) is 4.42. The van der Waals surface area contributed by atoms with Crippen LogP contribution in [0.15, 0.2) is 53.4 Å². The third-order valence-electron chi connectivity index (χ3n) is 3.19. The Morgan fingerprint density at radius 1 is 1.10 bits per heavy atom. The first-order chi connectivity index (χ1) is 9.51. The summed E-state index contributed by atoms with van der Waals surface area (Å²) in [6, 6.07) is 12.9. The molecule has 20 heavy (non-hydrogen) atoms. The molecule has 0 fully saturated rings. The van der Waals surface area contributed by atoms with Crippen molar-refractivity contribution in [3.8, 4) is 0 Å². The summed E-state index contributed by atoms with van der Waals surface area (Å²) in [5.41, 5.74) is -0.332. The summed E-state index contributed by atoms with van der Waals surface area (Å²) in [4.78, 5) is -0.00410. The van der Waals surface area contributed by atoms with E-state index in [0.717, 1.165) is 0 Å². The van der Waals surface area contributed by atoms with Crippen molar-refractivity contribution in [2.24, 2.45) is 0 Å². The molecule has 2 aromatic carbocycles. The highest BCUT2D eigenvalue weighted by Crippen LogP contribution is 2.36. The van der Waals surface area contributed by atoms with Crippen molar-refractivity contribution in [2.75, 3.05) is 0 Å². The van der Waals surface area contributed by atoms with E-state index in [1.807, 2.05) is 0 Å². The first-order valence-corrected chi connectivity index (χ1v) is 7.85. The first kappa shape index (κ1) is 13.6. The van der Waals surface area contributed by atoms with Gasteiger partial charge < -0.3 is 9.68 Å². The van der Waals surface area contributed by atoms with Crippen molar-refractivity contribution in [1.82, 2.24) is 0 Å². The Kier molecular flexibility index (Phi) is 3.34. The zero-order valence-electron chi connectivity index (χ0n) is 10.2. The average molecular weight is 309 g/mol. The molecule has 0 bridgehead atoms. The maximum atomic E-state index is 12.6. The highest BCUT2D eigenvalue weighted by molar-refractivity contribution is 7.91. The fraction of sp³-hybridized carbons (Fsp3) is 0.0769. The van der Waals surface area contributed by atoms with Crippen molar-refractivity contribution in [2.45, 2.75) is 10.3 Å². The second kappa shape index (κ2) is 4.89. The van der Waals surface area contributed by atoms with Gasteiger partial charge in [-0.25, -0.2) is 8.42 Å². The van der Waals surface area contributed by atoms with Gasteiger partial charge in [-0.2, -0.15) is 0 Å². The minimum absolute atomic E-state index is 0.00410. The van der Waals surface area contributed by atoms with E-state index in [1.165, 1.54) is 12.1 Å². The van der Waals surface area contributed by atoms with Gasteiger partial charge in [-0.3, -0.25) is 0 Å². The average Bonchev–Trinajstić information content (AvgIpc) is 2.78. The van der Waals surface area contributed by atoms with E-state index in [4.69, 9.17) is 16.3 Å². The molecule has 0 radical (unpaired) electrons. The van der Waals surface area contributed by atoms with Gasteiger partial charge >= 0.3 is 7.12 Å². The van der Waals surface area contributed by atoms with E-state index in [2.05, 4.69) is 0 Å². The molecular weight excluding hydrogens is 298 g/mol. The van der Waals surface area contributed by atoms with Crippen LogP contribution in [0.2, 0.25) is 5.02 Å². The number of benzene rings is 2. The van der Waals surface area contributed by atoms with Gasteiger partial charge in [0.25, 0.3) is 0 Å². The van der Waals surface area contributed by atoms with Crippen LogP contribution in [-0.2, 0) is 14.5 Å². The zero-order valence-corrected chi connectivity index (χ0v) is 11.8. The lowest BCUT2D eigenvalue weighted by atomic mass is 9.80. The molecule has 1 aliphatic rings. The molecule has 1 unspecified atom stereocenters. The summed E-state index contributed by atoms with van der Waals surface area (Å²) in [7, 11) is -5.07. The molecule has 0 aliphatic carbocycles. The van der Waals surface area contributed by atoms with Gasteiger partial charge in [0.2, 0.25) is 9.84 Å². The van der Waals surface area contributed by atoms with Crippen LogP contribution in [0.1, 0.15) is 11.0 Å². The topological polar surface area (TPSA) is 63.6 Å². The lowest BCUT2D eigenvalue weighted by Gasteiger charge is -2.14. The molecule has 1 atom stereocenters. The number of fused-ring (bicyclic) bond motifs is 1. The summed E-state index contributed by atoms with van der Waals surface area (Å²) < 4.78 is 30.5. The van der Waals surface area contributed by atoms with Crippen LogP contribution in [0.25, 0.3) is 0 Å². The predicted molar refractivity (Wildman–Crippen MR) is 76.5 cm³/mol. The number of hydrogen-bond acceptors (Lipinski definition) is 4. The third kappa shape index (κ3) is 2.05. The van der Waals surface area contributed by atoms with Crippen LogP contribution in [0.4, 0.5) is 0 Å². The molecule has 1 aliphatic heterocycles. The van der Waals surface area contributed by atoms with Gasteiger partial charge in [-0.05, 0) is 23.2 Å². The normalized spacial score (nSPS) is 18.1. The fourth-order valence-corrected chi connectivity index (χ4v) is 4.34. The van der Waals surface area contributed by atoms with Crippen LogP contribution in [0.3, 0.4) is 0 Å². The molecule has 1 N–H and O–H groups in total. The zero-order chi connectivity index (χ0) is 14.3. The van der Waals surface area contributed by atoms with Gasteiger partial charge in [-0.1, -0.05) is 48.0 Å². The van der Waals surface area contributed by atoms with Crippen LogP contribution in [0, 0.1) is 0 Å². The van der Waals surface area contributed by atoms with Crippen molar-refractivity contribution in [3.05, 3.63) is 59.1 Å². The molecule has 4 nitrogen and oxygen atoms in total. The molecule has 0 saturated carbocycles. The van der Waals surface area contributed by atoms with Crippen LogP contribution < -0.4 is 5.46 Å². The summed E-state index contributed by atoms with van der Waals surface area (Å²) >= 11 is 5.95. The highest BCUT2D eigenvalue weighted by atomic mass is 35.5. The monoisotopic (exact) mass is 308 g/mol. The largest absolute Gasteiger partial charge is 0.492 e. The standard InChI is InChI=1S/C13H10BClO4S/c15-11-7-3-4-8-12(11)20(17,18)13-9-5-1-2-6-10(9)14(16)19-13/h1-8,13,16H. The molecule has 0 amide bonds. The smallest absolute Gasteiger partial charge is 0.423 e. The Morgan fingerprint density at radius 3 is 2.50 bits per heavy atom. The molecule has 102 valence electrons. The molecule has 0 saturated heterocycles. The molecule has 2 aromatic rings. The Morgan fingerprint density at radius 2 is 1.75 bits per heavy atom. The van der Waals surface area contributed by atoms with Crippen molar-refractivity contribution in [1.29, 1.82) is 0 Å². The van der Waals surface area contributed by atoms with Crippen LogP contribution in [0.5, 0.6) is 0 Å². The SMILES string of the molecule is O=S(=O)(c1ccccc1Cl)C1OB(O)c2ccccc21. The number of sulfone groups is 1.